The van der Waals surface area contributed by atoms with Crippen molar-refractivity contribution in [1.82, 2.24) is 0 Å². The van der Waals surface area contributed by atoms with Crippen LogP contribution in [0.15, 0.2) is 56.0 Å². The predicted molar refractivity (Wildman–Crippen MR) is 120 cm³/mol. The highest BCUT2D eigenvalue weighted by molar-refractivity contribution is 9.12. The summed E-state index contributed by atoms with van der Waals surface area (Å²) in [6.07, 6.45) is 4.32. The van der Waals surface area contributed by atoms with Gasteiger partial charge in [0.1, 0.15) is 10.2 Å². The van der Waals surface area contributed by atoms with Crippen LogP contribution >= 0.6 is 31.9 Å². The zero-order valence-electron chi connectivity index (χ0n) is 16.7. The maximum atomic E-state index is 12.7. The summed E-state index contributed by atoms with van der Waals surface area (Å²) in [5.74, 6) is -2.79. The van der Waals surface area contributed by atoms with E-state index in [0.29, 0.717) is 0 Å². The lowest BCUT2D eigenvalue weighted by atomic mass is 9.79. The first-order valence-corrected chi connectivity index (χ1v) is 10.7. The van der Waals surface area contributed by atoms with Gasteiger partial charge in [-0.3, -0.25) is 25.0 Å². The van der Waals surface area contributed by atoms with E-state index in [1.165, 1.54) is 19.3 Å². The molecule has 1 aromatic rings. The van der Waals surface area contributed by atoms with Crippen molar-refractivity contribution in [3.05, 3.63) is 81.8 Å². The Bertz CT molecular complexity index is 1240. The molecule has 2 aliphatic rings. The van der Waals surface area contributed by atoms with Crippen LogP contribution < -0.4 is 4.74 Å². The average molecular weight is 586 g/mol. The first kappa shape index (κ1) is 24.3. The minimum absolute atomic E-state index is 0.0197. The Morgan fingerprint density at radius 3 is 2.76 bits per heavy atom. The first-order valence-electron chi connectivity index (χ1n) is 9.09. The highest BCUT2D eigenvalue weighted by atomic mass is 79.9. The van der Waals surface area contributed by atoms with Crippen LogP contribution in [0.25, 0.3) is 0 Å². The fourth-order valence-corrected chi connectivity index (χ4v) is 4.32. The molecule has 0 spiro atoms. The summed E-state index contributed by atoms with van der Waals surface area (Å²) in [5.41, 5.74) is 3.32. The molecule has 0 saturated carbocycles. The number of nitrogens with zero attached hydrogens (tertiary/aromatic N) is 2. The number of ether oxygens (including phenoxy) is 2. The summed E-state index contributed by atoms with van der Waals surface area (Å²) < 4.78 is 10.8. The largest absolute Gasteiger partial charge is 0.505 e. The summed E-state index contributed by atoms with van der Waals surface area (Å²) in [4.78, 5) is 33.4. The Morgan fingerprint density at radius 2 is 2.15 bits per heavy atom. The van der Waals surface area contributed by atoms with Crippen LogP contribution in [-0.4, -0.2) is 39.7 Å². The molecule has 13 heteroatoms. The molecule has 11 nitrogen and oxygen atoms in total. The number of nitro benzene ring substituents is 1. The van der Waals surface area contributed by atoms with Gasteiger partial charge in [0, 0.05) is 16.6 Å². The van der Waals surface area contributed by atoms with E-state index < -0.39 is 51.1 Å². The summed E-state index contributed by atoms with van der Waals surface area (Å²) in [6, 6.07) is 1.00. The van der Waals surface area contributed by atoms with Gasteiger partial charge in [0.2, 0.25) is 5.75 Å². The van der Waals surface area contributed by atoms with Crippen molar-refractivity contribution in [1.29, 1.82) is 0 Å². The number of rotatable bonds is 7. The molecule has 3 rings (SSSR count). The zero-order chi connectivity index (χ0) is 24.5. The van der Waals surface area contributed by atoms with E-state index in [4.69, 9.17) is 9.47 Å². The molecular weight excluding hydrogens is 572 g/mol. The maximum absolute atomic E-state index is 12.7. The summed E-state index contributed by atoms with van der Waals surface area (Å²) in [6.45, 7) is -0.870. The molecule has 2 atom stereocenters. The SMILES string of the molecule is COc1c(C2(/C=C/C(Br)=C(/O)C[N+](=O)[O-])OC(=O)C3CC=C=C=C32)cc([N+](=O)[O-])c(O)c1Br. The van der Waals surface area contributed by atoms with Gasteiger partial charge in [0.25, 0.3) is 6.54 Å². The number of methoxy groups -OCH3 is 1. The molecule has 1 fully saturated rings. The third-order valence-electron chi connectivity index (χ3n) is 4.95. The van der Waals surface area contributed by atoms with E-state index in [9.17, 15) is 35.2 Å². The van der Waals surface area contributed by atoms with Crippen LogP contribution in [-0.2, 0) is 15.1 Å². The Hall–Kier alpha value is -3.37. The smallest absolute Gasteiger partial charge is 0.315 e. The second-order valence-corrected chi connectivity index (χ2v) is 8.49. The fourth-order valence-electron chi connectivity index (χ4n) is 3.48. The van der Waals surface area contributed by atoms with Crippen molar-refractivity contribution in [2.45, 2.75) is 12.0 Å². The van der Waals surface area contributed by atoms with Gasteiger partial charge in [-0.2, -0.15) is 0 Å². The Labute approximate surface area is 202 Å². The predicted octanol–water partition coefficient (Wildman–Crippen LogP) is 4.08. The average Bonchev–Trinajstić information content (AvgIpc) is 3.05. The second-order valence-electron chi connectivity index (χ2n) is 6.85. The van der Waals surface area contributed by atoms with Gasteiger partial charge >= 0.3 is 11.7 Å². The third-order valence-corrected chi connectivity index (χ3v) is 6.41. The molecule has 33 heavy (non-hydrogen) atoms. The van der Waals surface area contributed by atoms with E-state index in [1.54, 1.807) is 6.08 Å². The third kappa shape index (κ3) is 4.31. The van der Waals surface area contributed by atoms with E-state index in [0.717, 1.165) is 6.07 Å². The highest BCUT2D eigenvalue weighted by Crippen LogP contribution is 2.54. The molecule has 0 amide bonds. The zero-order valence-corrected chi connectivity index (χ0v) is 19.9. The Morgan fingerprint density at radius 1 is 1.45 bits per heavy atom. The van der Waals surface area contributed by atoms with Crippen molar-refractivity contribution in [3.63, 3.8) is 0 Å². The first-order chi connectivity index (χ1) is 15.5. The standard InChI is InChI=1S/C20H14Br2N2O9/c1-32-18-12(8-14(24(30)31)17(26)16(18)22)20(7-6-13(21)15(25)9-23(28)29)11-5-3-2-4-10(11)19(27)33-20/h2,6-8,10,25-26H,4,9H2,1H3/b7-6+,15-13-. The van der Waals surface area contributed by atoms with Gasteiger partial charge in [0.05, 0.1) is 28.0 Å². The molecule has 0 radical (unpaired) electrons. The number of aliphatic hydroxyl groups is 1. The number of phenols is 1. The molecule has 1 aliphatic carbocycles. The number of hydrogen-bond acceptors (Lipinski definition) is 9. The number of benzene rings is 1. The number of aliphatic hydroxyl groups excluding tert-OH is 1. The molecule has 2 N–H and O–H groups in total. The van der Waals surface area contributed by atoms with Gasteiger partial charge in [-0.15, -0.1) is 0 Å². The van der Waals surface area contributed by atoms with Crippen LogP contribution in [0.3, 0.4) is 0 Å². The van der Waals surface area contributed by atoms with Crippen LogP contribution in [0, 0.1) is 26.1 Å². The second kappa shape index (κ2) is 9.24. The number of halogens is 2. The van der Waals surface area contributed by atoms with Crippen molar-refractivity contribution < 1.29 is 34.3 Å². The van der Waals surface area contributed by atoms with Crippen LogP contribution in [0.5, 0.6) is 11.5 Å². The van der Waals surface area contributed by atoms with E-state index >= 15 is 0 Å². The van der Waals surface area contributed by atoms with Gasteiger partial charge in [-0.1, -0.05) is 11.5 Å². The number of aromatic hydroxyl groups is 1. The highest BCUT2D eigenvalue weighted by Gasteiger charge is 2.54. The molecule has 1 saturated heterocycles. The molecule has 1 aliphatic heterocycles. The van der Waals surface area contributed by atoms with Crippen molar-refractivity contribution >= 4 is 43.5 Å². The number of allylic oxidation sites excluding steroid dienone is 3. The molecule has 172 valence electrons. The number of esters is 1. The lowest BCUT2D eigenvalue weighted by Gasteiger charge is -2.28. The van der Waals surface area contributed by atoms with Gasteiger partial charge < -0.3 is 19.7 Å². The van der Waals surface area contributed by atoms with Gasteiger partial charge in [-0.25, -0.2) is 0 Å². The van der Waals surface area contributed by atoms with E-state index in [-0.39, 0.29) is 32.3 Å². The number of fused-ring (bicyclic) bond motifs is 1. The van der Waals surface area contributed by atoms with Crippen molar-refractivity contribution in [3.8, 4) is 11.5 Å². The minimum atomic E-state index is -1.82. The summed E-state index contributed by atoms with van der Waals surface area (Å²) in [5, 5.41) is 42.4. The maximum Gasteiger partial charge on any atom is 0.315 e. The number of cyclic esters (lactones) is 1. The lowest BCUT2D eigenvalue weighted by molar-refractivity contribution is -0.474. The van der Waals surface area contributed by atoms with Crippen LogP contribution in [0.4, 0.5) is 5.69 Å². The number of carbonyl (C=O) groups excluding carboxylic acids is 1. The number of phenolic OH excluding ortho intramolecular Hbond substituents is 1. The van der Waals surface area contributed by atoms with Crippen molar-refractivity contribution in [2.75, 3.05) is 13.7 Å². The lowest BCUT2D eigenvalue weighted by Crippen LogP contribution is -2.26. The summed E-state index contributed by atoms with van der Waals surface area (Å²) >= 11 is 6.12. The minimum Gasteiger partial charge on any atom is -0.505 e. The normalized spacial score (nSPS) is 22.0. The molecule has 1 heterocycles. The van der Waals surface area contributed by atoms with Crippen molar-refractivity contribution in [2.24, 2.45) is 5.92 Å². The number of carbonyl (C=O) groups is 1. The molecular formula is C20H14Br2N2O9. The van der Waals surface area contributed by atoms with E-state index in [2.05, 4.69) is 43.3 Å². The summed E-state index contributed by atoms with van der Waals surface area (Å²) in [7, 11) is 1.25. The van der Waals surface area contributed by atoms with Crippen LogP contribution in [0.2, 0.25) is 0 Å². The Balaban J connectivity index is 2.36. The monoisotopic (exact) mass is 584 g/mol. The fraction of sp³-hybridized carbons (Fsp3) is 0.250. The molecule has 1 aromatic carbocycles. The van der Waals surface area contributed by atoms with Gasteiger partial charge in [-0.05, 0) is 56.5 Å². The quantitative estimate of drug-likeness (QED) is 0.120. The molecule has 0 aromatic heterocycles. The number of hydrogen-bond donors (Lipinski definition) is 2. The Kier molecular flexibility index (Phi) is 6.80. The van der Waals surface area contributed by atoms with Crippen LogP contribution in [0.1, 0.15) is 12.0 Å². The van der Waals surface area contributed by atoms with Gasteiger partial charge in [0.15, 0.2) is 11.4 Å². The number of nitro groups is 2. The molecule has 0 bridgehead atoms. The topological polar surface area (TPSA) is 162 Å². The van der Waals surface area contributed by atoms with E-state index in [1.807, 2.05) is 0 Å². The molecule has 2 unspecified atom stereocenters.